The van der Waals surface area contributed by atoms with E-state index in [1.807, 2.05) is 0 Å². The van der Waals surface area contributed by atoms with Crippen LogP contribution in [0.15, 0.2) is 0 Å². The van der Waals surface area contributed by atoms with Crippen molar-refractivity contribution >= 4 is 0 Å². The summed E-state index contributed by atoms with van der Waals surface area (Å²) in [6.07, 6.45) is 2.22. The van der Waals surface area contributed by atoms with Crippen LogP contribution in [-0.4, -0.2) is 55.4 Å². The third kappa shape index (κ3) is 2.74. The Morgan fingerprint density at radius 2 is 2.25 bits per heavy atom. The number of piperazine rings is 1. The highest BCUT2D eigenvalue weighted by Gasteiger charge is 2.42. The number of hydrogen-bond acceptors (Lipinski definition) is 4. The van der Waals surface area contributed by atoms with Gasteiger partial charge in [-0.15, -0.1) is 0 Å². The highest BCUT2D eigenvalue weighted by molar-refractivity contribution is 5.01. The monoisotopic (exact) mass is 227 g/mol. The lowest BCUT2D eigenvalue weighted by atomic mass is 9.80. The molecule has 0 bridgehead atoms. The standard InChI is InChI=1S/C12H25N3O/c1-11(2)9-12(3-8-16-11)10-15(6-4-13)7-5-14-12/h14H,3-10,13H2,1-2H3/t12-/m1/s1. The molecule has 94 valence electrons. The van der Waals surface area contributed by atoms with Gasteiger partial charge >= 0.3 is 0 Å². The van der Waals surface area contributed by atoms with Crippen molar-refractivity contribution < 1.29 is 4.74 Å². The van der Waals surface area contributed by atoms with Crippen LogP contribution in [0.3, 0.4) is 0 Å². The molecular formula is C12H25N3O. The van der Waals surface area contributed by atoms with Crippen molar-refractivity contribution in [2.24, 2.45) is 5.73 Å². The lowest BCUT2D eigenvalue weighted by molar-refractivity contribution is -0.0991. The van der Waals surface area contributed by atoms with Crippen LogP contribution in [0.25, 0.3) is 0 Å². The Kier molecular flexibility index (Phi) is 3.54. The number of nitrogens with zero attached hydrogens (tertiary/aromatic N) is 1. The Bertz CT molecular complexity index is 238. The second-order valence-electron chi connectivity index (χ2n) is 5.81. The van der Waals surface area contributed by atoms with Crippen LogP contribution < -0.4 is 11.1 Å². The summed E-state index contributed by atoms with van der Waals surface area (Å²) in [6, 6.07) is 0. The average Bonchev–Trinajstić information content (AvgIpc) is 2.16. The summed E-state index contributed by atoms with van der Waals surface area (Å²) in [5, 5.41) is 3.72. The van der Waals surface area contributed by atoms with Gasteiger partial charge in [0.25, 0.3) is 0 Å². The molecule has 0 unspecified atom stereocenters. The zero-order valence-corrected chi connectivity index (χ0v) is 10.6. The molecule has 0 aliphatic carbocycles. The number of nitrogens with one attached hydrogen (secondary N) is 1. The fourth-order valence-electron chi connectivity index (χ4n) is 3.18. The van der Waals surface area contributed by atoms with E-state index in [1.54, 1.807) is 0 Å². The van der Waals surface area contributed by atoms with Gasteiger partial charge in [-0.3, -0.25) is 4.90 Å². The number of rotatable bonds is 2. The Labute approximate surface area is 98.5 Å². The van der Waals surface area contributed by atoms with Crippen LogP contribution in [0.1, 0.15) is 26.7 Å². The molecule has 0 aromatic rings. The SMILES string of the molecule is CC1(C)C[C@]2(CCO1)CN(CCN)CCN2. The molecule has 0 aromatic heterocycles. The fourth-order valence-corrected chi connectivity index (χ4v) is 3.18. The summed E-state index contributed by atoms with van der Waals surface area (Å²) in [7, 11) is 0. The van der Waals surface area contributed by atoms with Gasteiger partial charge in [0.15, 0.2) is 0 Å². The molecule has 1 atom stereocenters. The first kappa shape index (κ1) is 12.3. The van der Waals surface area contributed by atoms with Gasteiger partial charge in [-0.25, -0.2) is 0 Å². The zero-order valence-electron chi connectivity index (χ0n) is 10.6. The molecule has 16 heavy (non-hydrogen) atoms. The predicted octanol–water partition coefficient (Wildman–Crippen LogP) is 0.178. The molecule has 4 nitrogen and oxygen atoms in total. The van der Waals surface area contributed by atoms with Gasteiger partial charge < -0.3 is 15.8 Å². The van der Waals surface area contributed by atoms with E-state index in [2.05, 4.69) is 24.1 Å². The predicted molar refractivity (Wildman–Crippen MR) is 65.5 cm³/mol. The van der Waals surface area contributed by atoms with Gasteiger partial charge in [-0.1, -0.05) is 0 Å². The summed E-state index contributed by atoms with van der Waals surface area (Å²) < 4.78 is 5.80. The quantitative estimate of drug-likeness (QED) is 0.706. The summed E-state index contributed by atoms with van der Waals surface area (Å²) in [5.41, 5.74) is 5.91. The molecule has 3 N–H and O–H groups in total. The second kappa shape index (κ2) is 4.61. The normalized spacial score (nSPS) is 35.4. The van der Waals surface area contributed by atoms with Gasteiger partial charge in [0.2, 0.25) is 0 Å². The molecule has 2 heterocycles. The van der Waals surface area contributed by atoms with Crippen LogP contribution in [0, 0.1) is 0 Å². The molecule has 2 fully saturated rings. The van der Waals surface area contributed by atoms with Crippen molar-refractivity contribution in [3.8, 4) is 0 Å². The molecule has 2 rings (SSSR count). The maximum Gasteiger partial charge on any atom is 0.0644 e. The maximum atomic E-state index is 5.80. The third-order valence-electron chi connectivity index (χ3n) is 3.74. The van der Waals surface area contributed by atoms with E-state index < -0.39 is 0 Å². The molecule has 1 spiro atoms. The largest absolute Gasteiger partial charge is 0.375 e. The number of ether oxygens (including phenoxy) is 1. The first-order chi connectivity index (χ1) is 7.55. The van der Waals surface area contributed by atoms with E-state index in [0.29, 0.717) is 0 Å². The van der Waals surface area contributed by atoms with Crippen molar-refractivity contribution in [3.63, 3.8) is 0 Å². The van der Waals surface area contributed by atoms with E-state index in [1.165, 1.54) is 0 Å². The fraction of sp³-hybridized carbons (Fsp3) is 1.00. The first-order valence-corrected chi connectivity index (χ1v) is 6.37. The van der Waals surface area contributed by atoms with Gasteiger partial charge in [0.05, 0.1) is 5.60 Å². The van der Waals surface area contributed by atoms with Crippen LogP contribution in [0.5, 0.6) is 0 Å². The molecule has 0 saturated carbocycles. The summed E-state index contributed by atoms with van der Waals surface area (Å²) in [4.78, 5) is 2.48. The molecule has 2 aliphatic rings. The molecule has 0 radical (unpaired) electrons. The Morgan fingerprint density at radius 1 is 1.44 bits per heavy atom. The lowest BCUT2D eigenvalue weighted by Crippen LogP contribution is -2.65. The number of nitrogens with two attached hydrogens (primary N) is 1. The highest BCUT2D eigenvalue weighted by Crippen LogP contribution is 2.33. The van der Waals surface area contributed by atoms with E-state index in [4.69, 9.17) is 10.5 Å². The highest BCUT2D eigenvalue weighted by atomic mass is 16.5. The third-order valence-corrected chi connectivity index (χ3v) is 3.74. The second-order valence-corrected chi connectivity index (χ2v) is 5.81. The smallest absolute Gasteiger partial charge is 0.0644 e. The summed E-state index contributed by atoms with van der Waals surface area (Å²) in [6.45, 7) is 10.4. The molecule has 2 aliphatic heterocycles. The summed E-state index contributed by atoms with van der Waals surface area (Å²) in [5.74, 6) is 0. The Hall–Kier alpha value is -0.160. The van der Waals surface area contributed by atoms with Crippen molar-refractivity contribution in [1.29, 1.82) is 0 Å². The van der Waals surface area contributed by atoms with Crippen molar-refractivity contribution in [2.45, 2.75) is 37.8 Å². The maximum absolute atomic E-state index is 5.80. The Morgan fingerprint density at radius 3 is 2.94 bits per heavy atom. The van der Waals surface area contributed by atoms with E-state index in [-0.39, 0.29) is 11.1 Å². The average molecular weight is 227 g/mol. The molecule has 0 amide bonds. The van der Waals surface area contributed by atoms with Gasteiger partial charge in [-0.05, 0) is 26.7 Å². The minimum Gasteiger partial charge on any atom is -0.375 e. The van der Waals surface area contributed by atoms with Crippen molar-refractivity contribution in [2.75, 3.05) is 39.3 Å². The number of hydrogen-bond donors (Lipinski definition) is 2. The molecule has 2 saturated heterocycles. The van der Waals surface area contributed by atoms with Crippen LogP contribution >= 0.6 is 0 Å². The topological polar surface area (TPSA) is 50.5 Å². The molecule has 0 aromatic carbocycles. The first-order valence-electron chi connectivity index (χ1n) is 6.37. The molecular weight excluding hydrogens is 202 g/mol. The summed E-state index contributed by atoms with van der Waals surface area (Å²) >= 11 is 0. The van der Waals surface area contributed by atoms with Gasteiger partial charge in [0.1, 0.15) is 0 Å². The molecule has 4 heteroatoms. The van der Waals surface area contributed by atoms with E-state index in [9.17, 15) is 0 Å². The van der Waals surface area contributed by atoms with Gasteiger partial charge in [0, 0.05) is 44.9 Å². The minimum absolute atomic E-state index is 0.0109. The van der Waals surface area contributed by atoms with E-state index in [0.717, 1.165) is 52.2 Å². The minimum atomic E-state index is 0.0109. The Balaban J connectivity index is 2.00. The zero-order chi connectivity index (χ0) is 11.6. The lowest BCUT2D eigenvalue weighted by Gasteiger charge is -2.50. The van der Waals surface area contributed by atoms with Gasteiger partial charge in [-0.2, -0.15) is 0 Å². The van der Waals surface area contributed by atoms with E-state index >= 15 is 0 Å². The van der Waals surface area contributed by atoms with Crippen LogP contribution in [-0.2, 0) is 4.74 Å². The van der Waals surface area contributed by atoms with Crippen LogP contribution in [0.2, 0.25) is 0 Å². The van der Waals surface area contributed by atoms with Crippen molar-refractivity contribution in [3.05, 3.63) is 0 Å². The van der Waals surface area contributed by atoms with Crippen LogP contribution in [0.4, 0.5) is 0 Å². The van der Waals surface area contributed by atoms with Crippen molar-refractivity contribution in [1.82, 2.24) is 10.2 Å².